The summed E-state index contributed by atoms with van der Waals surface area (Å²) in [5, 5.41) is 0. The molecule has 0 saturated carbocycles. The van der Waals surface area contributed by atoms with Crippen molar-refractivity contribution in [3.63, 3.8) is 0 Å². The van der Waals surface area contributed by atoms with Crippen molar-refractivity contribution >= 4 is 6.21 Å². The molecule has 0 aliphatic heterocycles. The molecule has 2 nitrogen and oxygen atoms in total. The van der Waals surface area contributed by atoms with Crippen LogP contribution in [0.5, 0.6) is 0 Å². The molecule has 0 N–H and O–H groups in total. The Bertz CT molecular complexity index is 99.4. The van der Waals surface area contributed by atoms with Crippen molar-refractivity contribution in [1.29, 1.82) is 0 Å². The van der Waals surface area contributed by atoms with E-state index in [1.807, 2.05) is 13.1 Å². The van der Waals surface area contributed by atoms with Gasteiger partial charge in [-0.05, 0) is 19.1 Å². The van der Waals surface area contributed by atoms with E-state index in [-0.39, 0.29) is 0 Å². The van der Waals surface area contributed by atoms with Gasteiger partial charge in [0.1, 0.15) is 0 Å². The number of hydrogen-bond donors (Lipinski definition) is 0. The highest BCUT2D eigenvalue weighted by molar-refractivity contribution is 5.53. The molecule has 2 heteroatoms. The van der Waals surface area contributed by atoms with Crippen LogP contribution < -0.4 is 0 Å². The van der Waals surface area contributed by atoms with Gasteiger partial charge in [0.05, 0.1) is 12.6 Å². The Balaban J connectivity index is 3.72. The van der Waals surface area contributed by atoms with Gasteiger partial charge in [0.25, 0.3) is 0 Å². The first-order chi connectivity index (χ1) is 4.72. The van der Waals surface area contributed by atoms with Crippen LogP contribution in [0.2, 0.25) is 0 Å². The standard InChI is InChI=1S/C8H17NO/c1-5-9-8(6-10-4)7(2)3/h5,7-8H,6H2,1-4H3. The van der Waals surface area contributed by atoms with E-state index in [9.17, 15) is 0 Å². The number of ether oxygens (including phenoxy) is 1. The summed E-state index contributed by atoms with van der Waals surface area (Å²) in [6, 6.07) is 0.329. The van der Waals surface area contributed by atoms with E-state index in [0.29, 0.717) is 12.0 Å². The van der Waals surface area contributed by atoms with Gasteiger partial charge in [-0.15, -0.1) is 0 Å². The van der Waals surface area contributed by atoms with E-state index >= 15 is 0 Å². The van der Waals surface area contributed by atoms with Crippen molar-refractivity contribution in [3.8, 4) is 0 Å². The van der Waals surface area contributed by atoms with E-state index < -0.39 is 0 Å². The molecular formula is C8H17NO. The lowest BCUT2D eigenvalue weighted by Gasteiger charge is -2.14. The van der Waals surface area contributed by atoms with Gasteiger partial charge >= 0.3 is 0 Å². The highest BCUT2D eigenvalue weighted by Crippen LogP contribution is 2.05. The summed E-state index contributed by atoms with van der Waals surface area (Å²) in [6.45, 7) is 6.96. The van der Waals surface area contributed by atoms with Gasteiger partial charge in [0.15, 0.2) is 0 Å². The average Bonchev–Trinajstić information content (AvgIpc) is 1.87. The Morgan fingerprint density at radius 3 is 2.40 bits per heavy atom. The van der Waals surface area contributed by atoms with E-state index in [0.717, 1.165) is 6.61 Å². The minimum absolute atomic E-state index is 0.329. The fourth-order valence-electron chi connectivity index (χ4n) is 0.770. The third-order valence-electron chi connectivity index (χ3n) is 1.45. The van der Waals surface area contributed by atoms with E-state index in [2.05, 4.69) is 18.8 Å². The van der Waals surface area contributed by atoms with Gasteiger partial charge in [-0.1, -0.05) is 13.8 Å². The zero-order valence-electron chi connectivity index (χ0n) is 7.29. The Kier molecular flexibility index (Phi) is 5.22. The van der Waals surface area contributed by atoms with Crippen molar-refractivity contribution in [2.45, 2.75) is 26.8 Å². The molecule has 0 heterocycles. The molecule has 0 amide bonds. The van der Waals surface area contributed by atoms with Crippen LogP contribution in [-0.4, -0.2) is 26.0 Å². The van der Waals surface area contributed by atoms with Crippen molar-refractivity contribution in [3.05, 3.63) is 0 Å². The van der Waals surface area contributed by atoms with Gasteiger partial charge in [-0.3, -0.25) is 4.99 Å². The van der Waals surface area contributed by atoms with Gasteiger partial charge in [-0.25, -0.2) is 0 Å². The normalized spacial score (nSPS) is 14.9. The number of aliphatic imine (C=N–C) groups is 1. The number of nitrogens with zero attached hydrogens (tertiary/aromatic N) is 1. The van der Waals surface area contributed by atoms with Crippen LogP contribution >= 0.6 is 0 Å². The van der Waals surface area contributed by atoms with Crippen LogP contribution in [0.25, 0.3) is 0 Å². The summed E-state index contributed by atoms with van der Waals surface area (Å²) >= 11 is 0. The minimum Gasteiger partial charge on any atom is -0.382 e. The van der Waals surface area contributed by atoms with Crippen LogP contribution in [0.4, 0.5) is 0 Å². The maximum atomic E-state index is 5.00. The van der Waals surface area contributed by atoms with Crippen LogP contribution in [0.15, 0.2) is 4.99 Å². The summed E-state index contributed by atoms with van der Waals surface area (Å²) in [5.41, 5.74) is 0. The fraction of sp³-hybridized carbons (Fsp3) is 0.875. The molecule has 0 aromatic carbocycles. The van der Waals surface area contributed by atoms with Crippen LogP contribution in [0.3, 0.4) is 0 Å². The summed E-state index contributed by atoms with van der Waals surface area (Å²) in [7, 11) is 1.71. The number of hydrogen-bond acceptors (Lipinski definition) is 2. The predicted molar refractivity (Wildman–Crippen MR) is 44.7 cm³/mol. The quantitative estimate of drug-likeness (QED) is 0.549. The maximum Gasteiger partial charge on any atom is 0.0751 e. The molecule has 0 aromatic heterocycles. The summed E-state index contributed by atoms with van der Waals surface area (Å²) in [6.07, 6.45) is 1.84. The molecule has 0 radical (unpaired) electrons. The first-order valence-electron chi connectivity index (χ1n) is 3.69. The first kappa shape index (κ1) is 9.63. The number of rotatable bonds is 4. The molecule has 0 bridgehead atoms. The van der Waals surface area contributed by atoms with E-state index in [1.165, 1.54) is 0 Å². The largest absolute Gasteiger partial charge is 0.382 e. The highest BCUT2D eigenvalue weighted by Gasteiger charge is 2.08. The summed E-state index contributed by atoms with van der Waals surface area (Å²) < 4.78 is 5.00. The number of methoxy groups -OCH3 is 1. The molecule has 0 aliphatic rings. The fourth-order valence-corrected chi connectivity index (χ4v) is 0.770. The second-order valence-corrected chi connectivity index (χ2v) is 2.67. The van der Waals surface area contributed by atoms with Crippen molar-refractivity contribution < 1.29 is 4.74 Å². The minimum atomic E-state index is 0.329. The lowest BCUT2D eigenvalue weighted by atomic mass is 10.1. The average molecular weight is 143 g/mol. The van der Waals surface area contributed by atoms with E-state index in [4.69, 9.17) is 4.74 Å². The van der Waals surface area contributed by atoms with Gasteiger partial charge in [-0.2, -0.15) is 0 Å². The Morgan fingerprint density at radius 2 is 2.10 bits per heavy atom. The SMILES string of the molecule is CC=NC(COC)C(C)C. The third kappa shape index (κ3) is 3.62. The third-order valence-corrected chi connectivity index (χ3v) is 1.45. The summed E-state index contributed by atoms with van der Waals surface area (Å²) in [4.78, 5) is 4.26. The second kappa shape index (κ2) is 5.42. The maximum absolute atomic E-state index is 5.00. The molecule has 0 aromatic rings. The van der Waals surface area contributed by atoms with Crippen LogP contribution in [-0.2, 0) is 4.74 Å². The lowest BCUT2D eigenvalue weighted by molar-refractivity contribution is 0.165. The Labute approximate surface area is 63.3 Å². The summed E-state index contributed by atoms with van der Waals surface area (Å²) in [5.74, 6) is 0.566. The monoisotopic (exact) mass is 143 g/mol. The van der Waals surface area contributed by atoms with Crippen LogP contribution in [0, 0.1) is 5.92 Å². The highest BCUT2D eigenvalue weighted by atomic mass is 16.5. The predicted octanol–water partition coefficient (Wildman–Crippen LogP) is 1.75. The van der Waals surface area contributed by atoms with Gasteiger partial charge in [0.2, 0.25) is 0 Å². The van der Waals surface area contributed by atoms with Crippen molar-refractivity contribution in [1.82, 2.24) is 0 Å². The molecular weight excluding hydrogens is 126 g/mol. The van der Waals surface area contributed by atoms with Crippen molar-refractivity contribution in [2.75, 3.05) is 13.7 Å². The lowest BCUT2D eigenvalue weighted by Crippen LogP contribution is -2.18. The molecule has 0 rings (SSSR count). The Morgan fingerprint density at radius 1 is 1.50 bits per heavy atom. The van der Waals surface area contributed by atoms with Gasteiger partial charge < -0.3 is 4.74 Å². The molecule has 60 valence electrons. The van der Waals surface area contributed by atoms with Crippen LogP contribution in [0.1, 0.15) is 20.8 Å². The molecule has 0 saturated heterocycles. The first-order valence-corrected chi connectivity index (χ1v) is 3.69. The molecule has 10 heavy (non-hydrogen) atoms. The molecule has 1 atom stereocenters. The molecule has 0 spiro atoms. The zero-order chi connectivity index (χ0) is 7.98. The Hall–Kier alpha value is -0.370. The topological polar surface area (TPSA) is 21.6 Å². The van der Waals surface area contributed by atoms with Crippen molar-refractivity contribution in [2.24, 2.45) is 10.9 Å². The zero-order valence-corrected chi connectivity index (χ0v) is 7.29. The second-order valence-electron chi connectivity index (χ2n) is 2.67. The van der Waals surface area contributed by atoms with E-state index in [1.54, 1.807) is 7.11 Å². The molecule has 0 aliphatic carbocycles. The van der Waals surface area contributed by atoms with Gasteiger partial charge in [0, 0.05) is 7.11 Å². The smallest absolute Gasteiger partial charge is 0.0751 e. The molecule has 1 unspecified atom stereocenters. The molecule has 0 fully saturated rings.